The van der Waals surface area contributed by atoms with Crippen LogP contribution in [-0.4, -0.2) is 98.4 Å². The van der Waals surface area contributed by atoms with Crippen LogP contribution in [0, 0.1) is 5.92 Å². The molecular formula is C33H41F2N11O2S. The Kier molecular flexibility index (Phi) is 9.17. The normalized spacial score (nSPS) is 21.1. The Hall–Kier alpha value is -4.31. The fraction of sp³-hybridized carbons (Fsp3) is 0.515. The molecule has 0 aromatic carbocycles. The number of halogens is 2. The predicted octanol–water partition coefficient (Wildman–Crippen LogP) is 5.04. The van der Waals surface area contributed by atoms with Crippen LogP contribution >= 0.6 is 0 Å². The van der Waals surface area contributed by atoms with Gasteiger partial charge in [0.05, 0.1) is 41.3 Å². The molecule has 16 heteroatoms. The molecule has 4 aromatic heterocycles. The Balaban J connectivity index is 1.11. The number of nitrogens with one attached hydrogen (secondary N) is 2. The van der Waals surface area contributed by atoms with Crippen molar-refractivity contribution in [1.82, 2.24) is 39.0 Å². The maximum atomic E-state index is 13.7. The molecule has 3 aliphatic rings. The van der Waals surface area contributed by atoms with Crippen molar-refractivity contribution in [3.8, 4) is 22.6 Å². The van der Waals surface area contributed by atoms with Crippen molar-refractivity contribution in [3.63, 3.8) is 0 Å². The molecule has 7 rings (SSSR count). The summed E-state index contributed by atoms with van der Waals surface area (Å²) in [6.07, 6.45) is 14.8. The second-order valence-corrected chi connectivity index (χ2v) is 15.6. The van der Waals surface area contributed by atoms with Crippen molar-refractivity contribution in [2.24, 2.45) is 5.92 Å². The molecule has 13 nitrogen and oxygen atoms in total. The summed E-state index contributed by atoms with van der Waals surface area (Å²) in [5.74, 6) is -0.0260. The van der Waals surface area contributed by atoms with E-state index in [9.17, 15) is 17.2 Å². The van der Waals surface area contributed by atoms with Gasteiger partial charge in [-0.2, -0.15) is 9.19 Å². The Morgan fingerprint density at radius 2 is 1.71 bits per heavy atom. The summed E-state index contributed by atoms with van der Waals surface area (Å²) in [6.45, 7) is 1.55. The van der Waals surface area contributed by atoms with E-state index in [-0.39, 0.29) is 37.2 Å². The second-order valence-electron chi connectivity index (χ2n) is 13.6. The first-order chi connectivity index (χ1) is 23.5. The third-order valence-electron chi connectivity index (χ3n) is 9.40. The number of nitrogens with zero attached hydrogens (tertiary/aromatic N) is 9. The summed E-state index contributed by atoms with van der Waals surface area (Å²) in [5.41, 5.74) is 2.73. The molecule has 0 atom stereocenters. The zero-order valence-electron chi connectivity index (χ0n) is 27.6. The maximum Gasteiger partial charge on any atom is 0.256 e. The highest BCUT2D eigenvalue weighted by Gasteiger charge is 2.38. The predicted molar refractivity (Wildman–Crippen MR) is 183 cm³/mol. The molecule has 0 radical (unpaired) electrons. The van der Waals surface area contributed by atoms with E-state index >= 15 is 0 Å². The van der Waals surface area contributed by atoms with Crippen LogP contribution in [0.1, 0.15) is 51.4 Å². The Bertz CT molecular complexity index is 1870. The molecule has 5 heterocycles. The number of alkyl halides is 2. The Morgan fingerprint density at radius 1 is 0.939 bits per heavy atom. The molecule has 0 spiro atoms. The first-order valence-electron chi connectivity index (χ1n) is 16.8. The number of rotatable bonds is 11. The number of pyridine rings is 1. The van der Waals surface area contributed by atoms with Crippen molar-refractivity contribution in [2.75, 3.05) is 49.3 Å². The van der Waals surface area contributed by atoms with Crippen LogP contribution in [-0.2, 0) is 10.0 Å². The zero-order chi connectivity index (χ0) is 34.2. The van der Waals surface area contributed by atoms with Crippen molar-refractivity contribution in [3.05, 3.63) is 49.3 Å². The quantitative estimate of drug-likeness (QED) is 0.217. The smallest absolute Gasteiger partial charge is 0.256 e. The van der Waals surface area contributed by atoms with Gasteiger partial charge in [-0.1, -0.05) is 0 Å². The Morgan fingerprint density at radius 3 is 2.41 bits per heavy atom. The van der Waals surface area contributed by atoms with Gasteiger partial charge in [0.1, 0.15) is 17.5 Å². The van der Waals surface area contributed by atoms with Gasteiger partial charge in [0.15, 0.2) is 5.82 Å². The molecule has 49 heavy (non-hydrogen) atoms. The first-order valence-corrected chi connectivity index (χ1v) is 18.3. The van der Waals surface area contributed by atoms with Gasteiger partial charge in [-0.15, -0.1) is 0 Å². The lowest BCUT2D eigenvalue weighted by Crippen LogP contribution is -2.39. The molecule has 2 N–H and O–H groups in total. The van der Waals surface area contributed by atoms with Crippen molar-refractivity contribution < 1.29 is 17.2 Å². The maximum absolute atomic E-state index is 13.7. The van der Waals surface area contributed by atoms with E-state index in [4.69, 9.17) is 0 Å². The van der Waals surface area contributed by atoms with Gasteiger partial charge in [-0.3, -0.25) is 4.98 Å². The van der Waals surface area contributed by atoms with Crippen LogP contribution in [0.5, 0.6) is 0 Å². The molecule has 3 fully saturated rings. The SMILES string of the molecule is CN(C)CC1CCC(Nc2cc(Nc3ccnc(-c4cnn(S(=O)(=O)C5CC5)c4)n3)ncc2-c2cnc(N3CCC(F)(F)CC3)cn2)CC1. The minimum absolute atomic E-state index is 0.195. The van der Waals surface area contributed by atoms with Gasteiger partial charge in [0.2, 0.25) is 0 Å². The van der Waals surface area contributed by atoms with Gasteiger partial charge in [0, 0.05) is 68.2 Å². The number of hydrogen-bond donors (Lipinski definition) is 2. The zero-order valence-corrected chi connectivity index (χ0v) is 28.5. The van der Waals surface area contributed by atoms with E-state index in [1.54, 1.807) is 30.9 Å². The van der Waals surface area contributed by atoms with E-state index in [1.807, 2.05) is 11.0 Å². The fourth-order valence-corrected chi connectivity index (χ4v) is 8.01. The van der Waals surface area contributed by atoms with Gasteiger partial charge in [-0.05, 0) is 64.6 Å². The third kappa shape index (κ3) is 7.80. The summed E-state index contributed by atoms with van der Waals surface area (Å²) in [7, 11) is 0.726. The highest BCUT2D eigenvalue weighted by Crippen LogP contribution is 2.35. The molecule has 1 saturated heterocycles. The summed E-state index contributed by atoms with van der Waals surface area (Å²) < 4.78 is 53.7. The van der Waals surface area contributed by atoms with E-state index in [1.165, 1.54) is 12.4 Å². The van der Waals surface area contributed by atoms with Gasteiger partial charge < -0.3 is 20.4 Å². The molecule has 4 aromatic rings. The van der Waals surface area contributed by atoms with E-state index in [2.05, 4.69) is 59.6 Å². The minimum atomic E-state index is -3.50. The van der Waals surface area contributed by atoms with Crippen LogP contribution in [0.15, 0.2) is 49.3 Å². The van der Waals surface area contributed by atoms with Crippen molar-refractivity contribution in [2.45, 2.75) is 68.6 Å². The van der Waals surface area contributed by atoms with Crippen LogP contribution < -0.4 is 15.5 Å². The van der Waals surface area contributed by atoms with Gasteiger partial charge in [0.25, 0.3) is 15.9 Å². The average molecular weight is 694 g/mol. The summed E-state index contributed by atoms with van der Waals surface area (Å²) in [5, 5.41) is 10.7. The second kappa shape index (κ2) is 13.5. The lowest BCUT2D eigenvalue weighted by Gasteiger charge is -2.32. The average Bonchev–Trinajstić information content (AvgIpc) is 3.83. The highest BCUT2D eigenvalue weighted by atomic mass is 32.2. The number of piperidine rings is 1. The standard InChI is InChI=1S/C33H41F2N11O2S/c1-44(2)20-22-3-5-24(6-4-22)41-27-15-30(38-17-26(27)28-18-39-31(19-37-28)45-13-10-33(34,35)11-14-45)42-29-9-12-36-32(43-29)23-16-40-46(21-23)49(47,48)25-7-8-25/h9,12,15-19,21-22,24-25H,3-8,10-11,13-14,20H2,1-2H3,(H2,36,38,41,42,43). The van der Waals surface area contributed by atoms with E-state index in [0.29, 0.717) is 53.3 Å². The molecule has 1 aliphatic heterocycles. The lowest BCUT2D eigenvalue weighted by molar-refractivity contribution is -0.0221. The minimum Gasteiger partial charge on any atom is -0.382 e. The molecule has 0 unspecified atom stereocenters. The number of anilines is 4. The molecule has 2 saturated carbocycles. The summed E-state index contributed by atoms with van der Waals surface area (Å²) in [6, 6.07) is 3.90. The molecule has 0 bridgehead atoms. The largest absolute Gasteiger partial charge is 0.382 e. The molecule has 0 amide bonds. The molecule has 260 valence electrons. The van der Waals surface area contributed by atoms with Crippen molar-refractivity contribution in [1.29, 1.82) is 0 Å². The van der Waals surface area contributed by atoms with Crippen molar-refractivity contribution >= 4 is 33.2 Å². The molecular weight excluding hydrogens is 653 g/mol. The first kappa shape index (κ1) is 33.2. The summed E-state index contributed by atoms with van der Waals surface area (Å²) in [4.78, 5) is 27.0. The fourth-order valence-electron chi connectivity index (χ4n) is 6.54. The van der Waals surface area contributed by atoms with Crippen LogP contribution in [0.4, 0.5) is 31.9 Å². The third-order valence-corrected chi connectivity index (χ3v) is 11.4. The topological polar surface area (TPSA) is 147 Å². The van der Waals surface area contributed by atoms with Crippen LogP contribution in [0.25, 0.3) is 22.6 Å². The lowest BCUT2D eigenvalue weighted by atomic mass is 9.85. The number of aromatic nitrogens is 7. The van der Waals surface area contributed by atoms with Crippen LogP contribution in [0.3, 0.4) is 0 Å². The van der Waals surface area contributed by atoms with Gasteiger partial charge >= 0.3 is 0 Å². The highest BCUT2D eigenvalue weighted by molar-refractivity contribution is 7.90. The Labute approximate surface area is 284 Å². The van der Waals surface area contributed by atoms with E-state index < -0.39 is 15.9 Å². The summed E-state index contributed by atoms with van der Waals surface area (Å²) >= 11 is 0. The van der Waals surface area contributed by atoms with Gasteiger partial charge in [-0.25, -0.2) is 37.1 Å². The number of hydrogen-bond acceptors (Lipinski definition) is 12. The monoisotopic (exact) mass is 693 g/mol. The van der Waals surface area contributed by atoms with Crippen LogP contribution in [0.2, 0.25) is 0 Å². The van der Waals surface area contributed by atoms with E-state index in [0.717, 1.165) is 47.6 Å². The molecule has 2 aliphatic carbocycles.